The monoisotopic (exact) mass is 431 g/mol. The maximum atomic E-state index is 6.22. The van der Waals surface area contributed by atoms with Crippen LogP contribution < -0.4 is 5.32 Å². The molecule has 0 spiro atoms. The van der Waals surface area contributed by atoms with Crippen LogP contribution in [0.25, 0.3) is 33.2 Å². The van der Waals surface area contributed by atoms with E-state index in [9.17, 15) is 0 Å². The number of aryl methyl sites for hydroxylation is 1. The van der Waals surface area contributed by atoms with Gasteiger partial charge in [0.2, 0.25) is 5.28 Å². The number of nitrogens with one attached hydrogen (secondary N) is 1. The number of rotatable bonds is 3. The molecule has 4 aromatic rings. The molecule has 0 amide bonds. The van der Waals surface area contributed by atoms with Gasteiger partial charge in [-0.15, -0.1) is 0 Å². The first-order valence-corrected chi connectivity index (χ1v) is 9.59. The summed E-state index contributed by atoms with van der Waals surface area (Å²) < 4.78 is 4.90. The Labute approximate surface area is 162 Å². The molecule has 132 valence electrons. The quantitative estimate of drug-likeness (QED) is 0.397. The van der Waals surface area contributed by atoms with Crippen LogP contribution in [-0.4, -0.2) is 42.4 Å². The van der Waals surface area contributed by atoms with E-state index in [0.717, 1.165) is 57.4 Å². The molecule has 1 aliphatic rings. The number of hydrogen-bond acceptors (Lipinski definition) is 5. The molecule has 1 fully saturated rings. The first-order valence-electron chi connectivity index (χ1n) is 8.42. The van der Waals surface area contributed by atoms with Gasteiger partial charge in [0.1, 0.15) is 21.3 Å². The summed E-state index contributed by atoms with van der Waals surface area (Å²) in [5.41, 5.74) is 4.33. The summed E-state index contributed by atoms with van der Waals surface area (Å²) in [7, 11) is 0. The van der Waals surface area contributed by atoms with E-state index in [0.29, 0.717) is 6.04 Å². The zero-order valence-electron chi connectivity index (χ0n) is 13.9. The van der Waals surface area contributed by atoms with Gasteiger partial charge in [0.05, 0.1) is 24.0 Å². The van der Waals surface area contributed by atoms with E-state index in [4.69, 9.17) is 11.6 Å². The van der Waals surface area contributed by atoms with Gasteiger partial charge in [-0.1, -0.05) is 0 Å². The van der Waals surface area contributed by atoms with Gasteiger partial charge < -0.3 is 9.88 Å². The van der Waals surface area contributed by atoms with Crippen molar-refractivity contribution >= 4 is 49.5 Å². The van der Waals surface area contributed by atoms with Crippen molar-refractivity contribution in [3.8, 4) is 11.3 Å². The van der Waals surface area contributed by atoms with Crippen molar-refractivity contribution in [2.24, 2.45) is 0 Å². The second kappa shape index (κ2) is 6.00. The Kier molecular flexibility index (Phi) is 3.73. The van der Waals surface area contributed by atoms with Gasteiger partial charge in [-0.05, 0) is 40.5 Å². The average molecular weight is 433 g/mol. The lowest BCUT2D eigenvalue weighted by atomic mass is 10.1. The van der Waals surface area contributed by atoms with E-state index in [2.05, 4.69) is 52.1 Å². The Bertz CT molecular complexity index is 1150. The standard InChI is InChI=1S/C17H15BrClN7/c1-2-25-8-12-16(24-25)15(23-17(19)22-12)11-7-26(9-4-20-5-9)13-6-21-14(18)3-10(11)13/h3,6-9,20H,2,4-5H2,1H3. The van der Waals surface area contributed by atoms with E-state index in [1.807, 2.05) is 30.1 Å². The smallest absolute Gasteiger partial charge is 0.223 e. The molecule has 0 saturated carbocycles. The summed E-state index contributed by atoms with van der Waals surface area (Å²) in [5, 5.41) is 9.27. The predicted octanol–water partition coefficient (Wildman–Crippen LogP) is 3.42. The van der Waals surface area contributed by atoms with Gasteiger partial charge in [0.15, 0.2) is 0 Å². The average Bonchev–Trinajstić information content (AvgIpc) is 3.14. The molecular weight excluding hydrogens is 418 g/mol. The van der Waals surface area contributed by atoms with Crippen molar-refractivity contribution < 1.29 is 0 Å². The van der Waals surface area contributed by atoms with Gasteiger partial charge in [-0.25, -0.2) is 15.0 Å². The molecule has 5 rings (SSSR count). The summed E-state index contributed by atoms with van der Waals surface area (Å²) in [6, 6.07) is 2.43. The van der Waals surface area contributed by atoms with E-state index in [1.54, 1.807) is 0 Å². The van der Waals surface area contributed by atoms with E-state index in [1.165, 1.54) is 0 Å². The van der Waals surface area contributed by atoms with Crippen molar-refractivity contribution in [3.63, 3.8) is 0 Å². The molecule has 0 bridgehead atoms. The van der Waals surface area contributed by atoms with Crippen molar-refractivity contribution in [1.82, 2.24) is 34.6 Å². The molecule has 0 unspecified atom stereocenters. The van der Waals surface area contributed by atoms with Crippen LogP contribution in [0.2, 0.25) is 5.28 Å². The van der Waals surface area contributed by atoms with Crippen LogP contribution in [0.3, 0.4) is 0 Å². The molecule has 5 heterocycles. The second-order valence-electron chi connectivity index (χ2n) is 6.35. The van der Waals surface area contributed by atoms with Gasteiger partial charge >= 0.3 is 0 Å². The van der Waals surface area contributed by atoms with Crippen molar-refractivity contribution in [3.05, 3.63) is 34.5 Å². The third-order valence-corrected chi connectivity index (χ3v) is 5.40. The van der Waals surface area contributed by atoms with Crippen molar-refractivity contribution in [2.45, 2.75) is 19.5 Å². The number of nitrogens with zero attached hydrogens (tertiary/aromatic N) is 6. The highest BCUT2D eigenvalue weighted by molar-refractivity contribution is 9.10. The number of hydrogen-bond donors (Lipinski definition) is 1. The van der Waals surface area contributed by atoms with Gasteiger partial charge in [-0.3, -0.25) is 4.68 Å². The largest absolute Gasteiger partial charge is 0.340 e. The van der Waals surface area contributed by atoms with E-state index < -0.39 is 0 Å². The Morgan fingerprint density at radius 2 is 2.15 bits per heavy atom. The lowest BCUT2D eigenvalue weighted by Crippen LogP contribution is -2.43. The lowest BCUT2D eigenvalue weighted by Gasteiger charge is -2.29. The Balaban J connectivity index is 1.83. The van der Waals surface area contributed by atoms with Crippen molar-refractivity contribution in [2.75, 3.05) is 13.1 Å². The highest BCUT2D eigenvalue weighted by Gasteiger charge is 2.24. The summed E-state index contributed by atoms with van der Waals surface area (Å²) in [5.74, 6) is 0. The molecule has 7 nitrogen and oxygen atoms in total. The number of halogens is 2. The minimum absolute atomic E-state index is 0.225. The molecule has 9 heteroatoms. The maximum absolute atomic E-state index is 6.22. The highest BCUT2D eigenvalue weighted by Crippen LogP contribution is 2.36. The molecule has 26 heavy (non-hydrogen) atoms. The lowest BCUT2D eigenvalue weighted by molar-refractivity contribution is 0.352. The minimum atomic E-state index is 0.225. The second-order valence-corrected chi connectivity index (χ2v) is 7.50. The molecule has 0 aliphatic carbocycles. The van der Waals surface area contributed by atoms with E-state index in [-0.39, 0.29) is 5.28 Å². The first-order chi connectivity index (χ1) is 12.6. The van der Waals surface area contributed by atoms with Crippen molar-refractivity contribution in [1.29, 1.82) is 0 Å². The number of fused-ring (bicyclic) bond motifs is 2. The van der Waals surface area contributed by atoms with Crippen LogP contribution in [0, 0.1) is 0 Å². The third kappa shape index (κ3) is 2.44. The molecule has 4 aromatic heterocycles. The van der Waals surface area contributed by atoms with Crippen LogP contribution in [0.5, 0.6) is 0 Å². The fourth-order valence-electron chi connectivity index (χ4n) is 3.36. The first kappa shape index (κ1) is 16.2. The Morgan fingerprint density at radius 3 is 2.88 bits per heavy atom. The normalized spacial score (nSPS) is 15.0. The number of pyridine rings is 1. The SMILES string of the molecule is CCn1cc2nc(Cl)nc(-c3cn(C4CNC4)c4cnc(Br)cc34)c2n1. The van der Waals surface area contributed by atoms with Gasteiger partial charge in [0, 0.05) is 36.8 Å². The zero-order valence-corrected chi connectivity index (χ0v) is 16.3. The topological polar surface area (TPSA) is 73.5 Å². The van der Waals surface area contributed by atoms with Crippen LogP contribution in [0.15, 0.2) is 29.3 Å². The summed E-state index contributed by atoms with van der Waals surface area (Å²) in [6.07, 6.45) is 5.93. The minimum Gasteiger partial charge on any atom is -0.340 e. The fraction of sp³-hybridized carbons (Fsp3) is 0.294. The van der Waals surface area contributed by atoms with E-state index >= 15 is 0 Å². The molecule has 0 aromatic carbocycles. The van der Waals surface area contributed by atoms with Crippen LogP contribution in [-0.2, 0) is 6.54 Å². The maximum Gasteiger partial charge on any atom is 0.223 e. The molecule has 0 radical (unpaired) electrons. The molecule has 0 atom stereocenters. The summed E-state index contributed by atoms with van der Waals surface area (Å²) >= 11 is 9.70. The fourth-order valence-corrected chi connectivity index (χ4v) is 3.87. The van der Waals surface area contributed by atoms with Crippen LogP contribution in [0.1, 0.15) is 13.0 Å². The van der Waals surface area contributed by atoms with Gasteiger partial charge in [0.25, 0.3) is 0 Å². The zero-order chi connectivity index (χ0) is 17.8. The third-order valence-electron chi connectivity index (χ3n) is 4.80. The Morgan fingerprint density at radius 1 is 1.31 bits per heavy atom. The van der Waals surface area contributed by atoms with Crippen LogP contribution in [0.4, 0.5) is 0 Å². The highest BCUT2D eigenvalue weighted by atomic mass is 79.9. The molecule has 1 aliphatic heterocycles. The summed E-state index contributed by atoms with van der Waals surface area (Å²) in [4.78, 5) is 13.3. The predicted molar refractivity (Wildman–Crippen MR) is 104 cm³/mol. The van der Waals surface area contributed by atoms with Crippen LogP contribution >= 0.6 is 27.5 Å². The summed E-state index contributed by atoms with van der Waals surface area (Å²) in [6.45, 7) is 4.70. The Hall–Kier alpha value is -2.03. The molecule has 1 N–H and O–H groups in total. The number of aromatic nitrogens is 6. The molecular formula is C17H15BrClN7. The molecule has 1 saturated heterocycles. The van der Waals surface area contributed by atoms with Gasteiger partial charge in [-0.2, -0.15) is 5.10 Å².